The van der Waals surface area contributed by atoms with Gasteiger partial charge in [0.2, 0.25) is 0 Å². The highest BCUT2D eigenvalue weighted by molar-refractivity contribution is 9.10. The normalized spacial score (nSPS) is 12.3. The van der Waals surface area contributed by atoms with Crippen molar-refractivity contribution in [2.75, 3.05) is 0 Å². The lowest BCUT2D eigenvalue weighted by atomic mass is 10.2. The van der Waals surface area contributed by atoms with Crippen molar-refractivity contribution >= 4 is 21.4 Å². The lowest BCUT2D eigenvalue weighted by Gasteiger charge is -2.08. The molecule has 0 radical (unpaired) electrons. The van der Waals surface area contributed by atoms with E-state index >= 15 is 0 Å². The number of halogens is 4. The van der Waals surface area contributed by atoms with Gasteiger partial charge in [0, 0.05) is 16.9 Å². The van der Waals surface area contributed by atoms with Crippen molar-refractivity contribution in [3.63, 3.8) is 0 Å². The Morgan fingerprint density at radius 1 is 1.40 bits per heavy atom. The molecule has 0 saturated heterocycles. The van der Waals surface area contributed by atoms with Crippen LogP contribution < -0.4 is 5.69 Å². The van der Waals surface area contributed by atoms with Crippen LogP contribution in [-0.4, -0.2) is 9.38 Å². The Labute approximate surface area is 89.7 Å². The molecule has 2 aromatic heterocycles. The molecule has 0 fully saturated rings. The Morgan fingerprint density at radius 2 is 2.07 bits per heavy atom. The second-order valence-electron chi connectivity index (χ2n) is 2.92. The summed E-state index contributed by atoms with van der Waals surface area (Å²) in [6.07, 6.45) is -2.16. The number of aromatic amines is 1. The maximum atomic E-state index is 12.6. The Bertz CT molecular complexity index is 569. The first kappa shape index (κ1) is 10.3. The Balaban J connectivity index is 2.90. The van der Waals surface area contributed by atoms with Crippen LogP contribution in [-0.2, 0) is 6.18 Å². The topological polar surface area (TPSA) is 37.3 Å². The number of imidazole rings is 1. The van der Waals surface area contributed by atoms with Crippen LogP contribution in [0.15, 0.2) is 27.7 Å². The summed E-state index contributed by atoms with van der Waals surface area (Å²) in [7, 11) is 0. The van der Waals surface area contributed by atoms with Gasteiger partial charge in [-0.15, -0.1) is 0 Å². The molecule has 0 spiro atoms. The first-order valence-electron chi connectivity index (χ1n) is 3.86. The van der Waals surface area contributed by atoms with Gasteiger partial charge in [0.1, 0.15) is 0 Å². The third-order valence-electron chi connectivity index (χ3n) is 1.93. The number of aromatic nitrogens is 2. The van der Waals surface area contributed by atoms with Crippen molar-refractivity contribution in [1.82, 2.24) is 9.38 Å². The number of hydrogen-bond donors (Lipinski definition) is 1. The van der Waals surface area contributed by atoms with E-state index < -0.39 is 17.4 Å². The minimum absolute atomic E-state index is 0.185. The molecule has 0 atom stereocenters. The summed E-state index contributed by atoms with van der Waals surface area (Å²) in [6.45, 7) is 0. The number of rotatable bonds is 0. The van der Waals surface area contributed by atoms with Crippen LogP contribution in [0.4, 0.5) is 13.2 Å². The van der Waals surface area contributed by atoms with Gasteiger partial charge >= 0.3 is 11.9 Å². The summed E-state index contributed by atoms with van der Waals surface area (Å²) in [5.41, 5.74) is -1.64. The molecule has 0 aromatic carbocycles. The molecule has 0 saturated carbocycles. The molecule has 0 aliphatic carbocycles. The fraction of sp³-hybridized carbons (Fsp3) is 0.125. The van der Waals surface area contributed by atoms with E-state index in [1.807, 2.05) is 0 Å². The minimum Gasteiger partial charge on any atom is -0.312 e. The first-order chi connectivity index (χ1) is 6.89. The van der Waals surface area contributed by atoms with E-state index in [0.29, 0.717) is 0 Å². The van der Waals surface area contributed by atoms with Gasteiger partial charge in [-0.25, -0.2) is 4.79 Å². The maximum Gasteiger partial charge on any atom is 0.418 e. The molecule has 0 unspecified atom stereocenters. The second kappa shape index (κ2) is 3.13. The van der Waals surface area contributed by atoms with Crippen molar-refractivity contribution in [1.29, 1.82) is 0 Å². The predicted molar refractivity (Wildman–Crippen MR) is 50.7 cm³/mol. The summed E-state index contributed by atoms with van der Waals surface area (Å²) in [5, 5.41) is 0. The first-order valence-corrected chi connectivity index (χ1v) is 4.65. The number of nitrogens with one attached hydrogen (secondary N) is 1. The van der Waals surface area contributed by atoms with Crippen LogP contribution >= 0.6 is 15.9 Å². The highest BCUT2D eigenvalue weighted by Gasteiger charge is 2.33. The monoisotopic (exact) mass is 280 g/mol. The fourth-order valence-electron chi connectivity index (χ4n) is 1.31. The van der Waals surface area contributed by atoms with Crippen molar-refractivity contribution in [3.05, 3.63) is 39.0 Å². The van der Waals surface area contributed by atoms with Crippen LogP contribution in [0.5, 0.6) is 0 Å². The lowest BCUT2D eigenvalue weighted by molar-refractivity contribution is -0.136. The van der Waals surface area contributed by atoms with E-state index in [0.717, 1.165) is 16.7 Å². The summed E-state index contributed by atoms with van der Waals surface area (Å²) in [4.78, 5) is 13.3. The van der Waals surface area contributed by atoms with Gasteiger partial charge in [-0.2, -0.15) is 13.2 Å². The quantitative estimate of drug-likeness (QED) is 0.791. The molecule has 0 aliphatic heterocycles. The second-order valence-corrected chi connectivity index (χ2v) is 3.83. The van der Waals surface area contributed by atoms with Gasteiger partial charge in [0.15, 0.2) is 0 Å². The minimum atomic E-state index is -4.48. The van der Waals surface area contributed by atoms with E-state index in [1.165, 1.54) is 6.20 Å². The van der Waals surface area contributed by atoms with Gasteiger partial charge in [-0.1, -0.05) is 0 Å². The third kappa shape index (κ3) is 1.67. The predicted octanol–water partition coefficient (Wildman–Crippen LogP) is 2.41. The van der Waals surface area contributed by atoms with Crippen LogP contribution in [0, 0.1) is 0 Å². The largest absolute Gasteiger partial charge is 0.418 e. The number of alkyl halides is 3. The lowest BCUT2D eigenvalue weighted by Crippen LogP contribution is -2.12. The summed E-state index contributed by atoms with van der Waals surface area (Å²) in [5.74, 6) is 0. The van der Waals surface area contributed by atoms with Crippen molar-refractivity contribution in [3.8, 4) is 0 Å². The molecule has 2 rings (SSSR count). The van der Waals surface area contributed by atoms with Gasteiger partial charge in [0.05, 0.1) is 11.1 Å². The molecule has 15 heavy (non-hydrogen) atoms. The average Bonchev–Trinajstić information content (AvgIpc) is 2.45. The Hall–Kier alpha value is -1.24. The highest BCUT2D eigenvalue weighted by atomic mass is 79.9. The van der Waals surface area contributed by atoms with E-state index in [1.54, 1.807) is 0 Å². The van der Waals surface area contributed by atoms with E-state index in [2.05, 4.69) is 20.9 Å². The van der Waals surface area contributed by atoms with Crippen LogP contribution in [0.2, 0.25) is 0 Å². The summed E-state index contributed by atoms with van der Waals surface area (Å²) >= 11 is 2.92. The van der Waals surface area contributed by atoms with E-state index in [-0.39, 0.29) is 9.99 Å². The molecular weight excluding hydrogens is 277 g/mol. The van der Waals surface area contributed by atoms with Gasteiger partial charge < -0.3 is 4.98 Å². The molecule has 2 heterocycles. The number of H-pyrrole nitrogens is 1. The number of pyridine rings is 1. The van der Waals surface area contributed by atoms with Crippen LogP contribution in [0.1, 0.15) is 5.56 Å². The molecule has 0 bridgehead atoms. The number of hydrogen-bond acceptors (Lipinski definition) is 1. The fourth-order valence-corrected chi connectivity index (χ4v) is 1.75. The van der Waals surface area contributed by atoms with Gasteiger partial charge in [-0.3, -0.25) is 4.40 Å². The SMILES string of the molecule is O=c1[nH]cc2c(C(F)(F)F)cc(Br)cn12. The Kier molecular flexibility index (Phi) is 2.14. The average molecular weight is 281 g/mol. The number of nitrogens with zero attached hydrogens (tertiary/aromatic N) is 1. The molecule has 3 nitrogen and oxygen atoms in total. The summed E-state index contributed by atoms with van der Waals surface area (Å²) in [6, 6.07) is 0.933. The zero-order chi connectivity index (χ0) is 11.2. The van der Waals surface area contributed by atoms with Crippen molar-refractivity contribution < 1.29 is 13.2 Å². The van der Waals surface area contributed by atoms with Gasteiger partial charge in [-0.05, 0) is 22.0 Å². The van der Waals surface area contributed by atoms with Gasteiger partial charge in [0.25, 0.3) is 0 Å². The van der Waals surface area contributed by atoms with E-state index in [9.17, 15) is 18.0 Å². The molecule has 1 N–H and O–H groups in total. The summed E-state index contributed by atoms with van der Waals surface area (Å²) < 4.78 is 38.8. The number of fused-ring (bicyclic) bond motifs is 1. The molecule has 0 aliphatic rings. The zero-order valence-corrected chi connectivity index (χ0v) is 8.69. The molecule has 7 heteroatoms. The standard InChI is InChI=1S/C8H4BrF3N2O/c9-4-1-5(8(10,11)12)6-2-13-7(15)14(6)3-4/h1-3H,(H,13,15). The zero-order valence-electron chi connectivity index (χ0n) is 7.10. The van der Waals surface area contributed by atoms with Crippen molar-refractivity contribution in [2.45, 2.75) is 6.18 Å². The molecule has 80 valence electrons. The molecular formula is C8H4BrF3N2O. The van der Waals surface area contributed by atoms with Crippen molar-refractivity contribution in [2.24, 2.45) is 0 Å². The molecule has 0 amide bonds. The Morgan fingerprint density at radius 3 is 2.67 bits per heavy atom. The highest BCUT2D eigenvalue weighted by Crippen LogP contribution is 2.33. The van der Waals surface area contributed by atoms with Crippen LogP contribution in [0.3, 0.4) is 0 Å². The third-order valence-corrected chi connectivity index (χ3v) is 2.36. The molecule has 2 aromatic rings. The smallest absolute Gasteiger partial charge is 0.312 e. The van der Waals surface area contributed by atoms with E-state index in [4.69, 9.17) is 0 Å². The van der Waals surface area contributed by atoms with Crippen LogP contribution in [0.25, 0.3) is 5.52 Å². The maximum absolute atomic E-state index is 12.6.